The number of fused-ring (bicyclic) bond motifs is 1. The molecule has 2 aromatic carbocycles. The summed E-state index contributed by atoms with van der Waals surface area (Å²) in [4.78, 5) is 7.17. The van der Waals surface area contributed by atoms with Gasteiger partial charge < -0.3 is 4.74 Å². The lowest BCUT2D eigenvalue weighted by molar-refractivity contribution is 0.0342. The molecule has 0 aromatic heterocycles. The fraction of sp³-hybridized carbons (Fsp3) is 0.316. The maximum absolute atomic E-state index is 12.1. The van der Waals surface area contributed by atoms with Crippen LogP contribution in [0.5, 0.6) is 0 Å². The number of rotatable bonds is 4. The van der Waals surface area contributed by atoms with E-state index in [0.717, 1.165) is 38.4 Å². The average molecular weight is 371 g/mol. The van der Waals surface area contributed by atoms with Gasteiger partial charge in [-0.05, 0) is 23.3 Å². The number of morpholine rings is 1. The van der Waals surface area contributed by atoms with Crippen LogP contribution in [0, 0.1) is 0 Å². The molecule has 2 aromatic rings. The van der Waals surface area contributed by atoms with Gasteiger partial charge in [-0.2, -0.15) is 0 Å². The molecule has 6 nitrogen and oxygen atoms in total. The van der Waals surface area contributed by atoms with Crippen molar-refractivity contribution in [3.05, 3.63) is 65.2 Å². The molecule has 1 N–H and O–H groups in total. The first-order chi connectivity index (χ1) is 12.6. The summed E-state index contributed by atoms with van der Waals surface area (Å²) in [6.07, 6.45) is 0. The molecule has 2 aliphatic rings. The number of nitrogens with zero attached hydrogens (tertiary/aromatic N) is 2. The highest BCUT2D eigenvalue weighted by molar-refractivity contribution is 7.90. The number of sulfonamides is 1. The minimum atomic E-state index is -3.49. The Morgan fingerprint density at radius 2 is 1.81 bits per heavy atom. The quantitative estimate of drug-likeness (QED) is 0.889. The zero-order valence-electron chi connectivity index (χ0n) is 14.4. The SMILES string of the molecule is O=S1(=O)NC(=NCc2cccc(CN3CCOCC3)c2)c2ccccc21. The minimum absolute atomic E-state index is 0.291. The zero-order chi connectivity index (χ0) is 18.0. The Morgan fingerprint density at radius 1 is 1.04 bits per heavy atom. The smallest absolute Gasteiger partial charge is 0.263 e. The van der Waals surface area contributed by atoms with Gasteiger partial charge in [-0.25, -0.2) is 8.42 Å². The lowest BCUT2D eigenvalue weighted by Crippen LogP contribution is -2.35. The van der Waals surface area contributed by atoms with E-state index in [2.05, 4.69) is 26.7 Å². The first-order valence-corrected chi connectivity index (χ1v) is 10.1. The molecule has 7 heteroatoms. The number of amidine groups is 1. The molecule has 2 aliphatic heterocycles. The lowest BCUT2D eigenvalue weighted by Gasteiger charge is -2.26. The van der Waals surface area contributed by atoms with Crippen LogP contribution in [0.15, 0.2) is 58.4 Å². The van der Waals surface area contributed by atoms with Gasteiger partial charge in [0.1, 0.15) is 5.84 Å². The van der Waals surface area contributed by atoms with Crippen molar-refractivity contribution in [1.29, 1.82) is 0 Å². The Hall–Kier alpha value is -2.22. The van der Waals surface area contributed by atoms with Crippen LogP contribution < -0.4 is 4.72 Å². The van der Waals surface area contributed by atoms with Crippen molar-refractivity contribution >= 4 is 15.9 Å². The van der Waals surface area contributed by atoms with E-state index in [-0.39, 0.29) is 0 Å². The van der Waals surface area contributed by atoms with Crippen molar-refractivity contribution in [2.75, 3.05) is 26.3 Å². The average Bonchev–Trinajstić information content (AvgIpc) is 2.92. The molecule has 0 saturated carbocycles. The summed E-state index contributed by atoms with van der Waals surface area (Å²) in [5.41, 5.74) is 2.93. The third-order valence-electron chi connectivity index (χ3n) is 4.58. The van der Waals surface area contributed by atoms with Crippen LogP contribution in [-0.4, -0.2) is 45.5 Å². The summed E-state index contributed by atoms with van der Waals surface area (Å²) >= 11 is 0. The highest BCUT2D eigenvalue weighted by atomic mass is 32.2. The van der Waals surface area contributed by atoms with Gasteiger partial charge in [-0.1, -0.05) is 36.4 Å². The van der Waals surface area contributed by atoms with Gasteiger partial charge in [0.2, 0.25) is 0 Å². The summed E-state index contributed by atoms with van der Waals surface area (Å²) in [6.45, 7) is 4.79. The first-order valence-electron chi connectivity index (χ1n) is 8.66. The third kappa shape index (κ3) is 3.65. The summed E-state index contributed by atoms with van der Waals surface area (Å²) in [6, 6.07) is 15.2. The fourth-order valence-electron chi connectivity index (χ4n) is 3.27. The highest BCUT2D eigenvalue weighted by Gasteiger charge is 2.29. The van der Waals surface area contributed by atoms with Gasteiger partial charge in [-0.15, -0.1) is 0 Å². The molecule has 136 valence electrons. The summed E-state index contributed by atoms with van der Waals surface area (Å²) in [7, 11) is -3.49. The summed E-state index contributed by atoms with van der Waals surface area (Å²) in [5, 5.41) is 0. The van der Waals surface area contributed by atoms with Crippen molar-refractivity contribution in [3.63, 3.8) is 0 Å². The Morgan fingerprint density at radius 3 is 2.65 bits per heavy atom. The fourth-order valence-corrected chi connectivity index (χ4v) is 4.52. The van der Waals surface area contributed by atoms with Crippen molar-refractivity contribution in [2.45, 2.75) is 18.0 Å². The largest absolute Gasteiger partial charge is 0.379 e. The Labute approximate surface area is 153 Å². The monoisotopic (exact) mass is 371 g/mol. The molecule has 0 spiro atoms. The predicted octanol–water partition coefficient (Wildman–Crippen LogP) is 1.76. The maximum atomic E-state index is 12.1. The number of ether oxygens (including phenoxy) is 1. The van der Waals surface area contributed by atoms with E-state index in [1.54, 1.807) is 18.2 Å². The molecular formula is C19H21N3O3S. The van der Waals surface area contributed by atoms with Crippen LogP contribution in [-0.2, 0) is 27.8 Å². The van der Waals surface area contributed by atoms with Crippen LogP contribution in [0.2, 0.25) is 0 Å². The molecule has 0 atom stereocenters. The van der Waals surface area contributed by atoms with Crippen molar-refractivity contribution in [2.24, 2.45) is 4.99 Å². The molecule has 0 unspecified atom stereocenters. The lowest BCUT2D eigenvalue weighted by atomic mass is 10.1. The number of aliphatic imine (C=N–C) groups is 1. The zero-order valence-corrected chi connectivity index (χ0v) is 15.2. The summed E-state index contributed by atoms with van der Waals surface area (Å²) in [5.74, 6) is 0.416. The van der Waals surface area contributed by atoms with E-state index < -0.39 is 10.0 Å². The van der Waals surface area contributed by atoms with Crippen LogP contribution in [0.3, 0.4) is 0 Å². The number of benzene rings is 2. The van der Waals surface area contributed by atoms with Crippen LogP contribution in [0.1, 0.15) is 16.7 Å². The molecule has 0 bridgehead atoms. The van der Waals surface area contributed by atoms with Crippen molar-refractivity contribution < 1.29 is 13.2 Å². The second-order valence-electron chi connectivity index (χ2n) is 6.47. The topological polar surface area (TPSA) is 71.0 Å². The molecule has 1 fully saturated rings. The van der Waals surface area contributed by atoms with Crippen molar-refractivity contribution in [1.82, 2.24) is 9.62 Å². The normalized spacial score (nSPS) is 20.7. The van der Waals surface area contributed by atoms with E-state index in [9.17, 15) is 8.42 Å². The highest BCUT2D eigenvalue weighted by Crippen LogP contribution is 2.22. The molecule has 26 heavy (non-hydrogen) atoms. The molecule has 1 saturated heterocycles. The van der Waals surface area contributed by atoms with Gasteiger partial charge in [0.05, 0.1) is 24.7 Å². The first kappa shape index (κ1) is 17.2. The van der Waals surface area contributed by atoms with E-state index in [1.165, 1.54) is 5.56 Å². The molecular weight excluding hydrogens is 350 g/mol. The van der Waals surface area contributed by atoms with Crippen LogP contribution in [0.4, 0.5) is 0 Å². The van der Waals surface area contributed by atoms with Gasteiger partial charge in [0, 0.05) is 25.2 Å². The summed E-state index contributed by atoms with van der Waals surface area (Å²) < 4.78 is 32.2. The van der Waals surface area contributed by atoms with Crippen LogP contribution >= 0.6 is 0 Å². The van der Waals surface area contributed by atoms with E-state index in [4.69, 9.17) is 4.74 Å². The second kappa shape index (κ2) is 7.19. The standard InChI is InChI=1S/C19H21N3O3S/c23-26(24)18-7-2-1-6-17(18)19(21-26)20-13-15-4-3-5-16(12-15)14-22-8-10-25-11-9-22/h1-7,12H,8-11,13-14H2,(H,20,21). The molecule has 4 rings (SSSR count). The molecule has 0 amide bonds. The van der Waals surface area contributed by atoms with E-state index >= 15 is 0 Å². The third-order valence-corrected chi connectivity index (χ3v) is 5.98. The van der Waals surface area contributed by atoms with Crippen LogP contribution in [0.25, 0.3) is 0 Å². The van der Waals surface area contributed by atoms with Gasteiger partial charge in [0.25, 0.3) is 10.0 Å². The molecule has 0 aliphatic carbocycles. The number of hydrogen-bond donors (Lipinski definition) is 1. The van der Waals surface area contributed by atoms with Gasteiger partial charge in [0.15, 0.2) is 0 Å². The molecule has 2 heterocycles. The predicted molar refractivity (Wildman–Crippen MR) is 99.5 cm³/mol. The second-order valence-corrected chi connectivity index (χ2v) is 8.13. The number of nitrogens with one attached hydrogen (secondary N) is 1. The van der Waals surface area contributed by atoms with Gasteiger partial charge in [-0.3, -0.25) is 14.6 Å². The van der Waals surface area contributed by atoms with Crippen molar-refractivity contribution in [3.8, 4) is 0 Å². The maximum Gasteiger partial charge on any atom is 0.263 e. The Kier molecular flexibility index (Phi) is 4.76. The number of hydrogen-bond acceptors (Lipinski definition) is 5. The van der Waals surface area contributed by atoms with E-state index in [0.29, 0.717) is 22.8 Å². The van der Waals surface area contributed by atoms with E-state index in [1.807, 2.05) is 18.2 Å². The Bertz CT molecular complexity index is 935. The van der Waals surface area contributed by atoms with Gasteiger partial charge >= 0.3 is 0 Å². The molecule has 0 radical (unpaired) electrons. The Balaban J connectivity index is 1.50. The minimum Gasteiger partial charge on any atom is -0.379 e.